The van der Waals surface area contributed by atoms with Crippen molar-refractivity contribution in [2.24, 2.45) is 0 Å². The maximum atomic E-state index is 12.3. The van der Waals surface area contributed by atoms with Crippen molar-refractivity contribution in [2.45, 2.75) is 18.4 Å². The quantitative estimate of drug-likeness (QED) is 0.905. The molecule has 0 radical (unpaired) electrons. The number of nitrogens with zero attached hydrogens (tertiary/aromatic N) is 1. The summed E-state index contributed by atoms with van der Waals surface area (Å²) in [5, 5.41) is 8.72. The lowest BCUT2D eigenvalue weighted by molar-refractivity contribution is 0.581. The van der Waals surface area contributed by atoms with Crippen LogP contribution in [-0.4, -0.2) is 8.42 Å². The zero-order chi connectivity index (χ0) is 15.5. The van der Waals surface area contributed by atoms with Gasteiger partial charge in [0, 0.05) is 11.0 Å². The van der Waals surface area contributed by atoms with E-state index < -0.39 is 10.0 Å². The molecule has 2 aromatic rings. The molecule has 0 bridgehead atoms. The molecule has 108 valence electrons. The van der Waals surface area contributed by atoms with Crippen LogP contribution in [0.5, 0.6) is 0 Å². The molecule has 0 saturated heterocycles. The van der Waals surface area contributed by atoms with Gasteiger partial charge in [0.05, 0.1) is 16.5 Å². The first-order chi connectivity index (χ1) is 9.92. The summed E-state index contributed by atoms with van der Waals surface area (Å²) in [6, 6.07) is 13.9. The molecule has 2 aromatic carbocycles. The van der Waals surface area contributed by atoms with E-state index in [1.807, 2.05) is 13.0 Å². The second-order valence-corrected chi connectivity index (χ2v) is 7.16. The van der Waals surface area contributed by atoms with E-state index in [9.17, 15) is 8.42 Å². The van der Waals surface area contributed by atoms with Gasteiger partial charge in [-0.15, -0.1) is 0 Å². The topological polar surface area (TPSA) is 70.0 Å². The van der Waals surface area contributed by atoms with E-state index >= 15 is 0 Å². The van der Waals surface area contributed by atoms with Gasteiger partial charge in [-0.25, -0.2) is 13.1 Å². The van der Waals surface area contributed by atoms with Gasteiger partial charge in [0.25, 0.3) is 0 Å². The fraction of sp³-hybridized carbons (Fsp3) is 0.133. The number of sulfonamides is 1. The zero-order valence-corrected chi connectivity index (χ0v) is 13.7. The van der Waals surface area contributed by atoms with Gasteiger partial charge in [-0.05, 0) is 58.2 Å². The Morgan fingerprint density at radius 3 is 2.43 bits per heavy atom. The molecule has 0 amide bonds. The van der Waals surface area contributed by atoms with E-state index in [1.54, 1.807) is 42.5 Å². The van der Waals surface area contributed by atoms with Crippen LogP contribution < -0.4 is 4.72 Å². The van der Waals surface area contributed by atoms with Crippen LogP contribution >= 0.6 is 15.9 Å². The highest BCUT2D eigenvalue weighted by Gasteiger charge is 2.17. The largest absolute Gasteiger partial charge is 0.241 e. The van der Waals surface area contributed by atoms with E-state index in [-0.39, 0.29) is 11.4 Å². The number of halogens is 1. The molecule has 0 heterocycles. The fourth-order valence-electron chi connectivity index (χ4n) is 1.78. The van der Waals surface area contributed by atoms with Gasteiger partial charge < -0.3 is 0 Å². The van der Waals surface area contributed by atoms with E-state index in [1.165, 1.54) is 0 Å². The highest BCUT2D eigenvalue weighted by molar-refractivity contribution is 9.10. The minimum atomic E-state index is -3.58. The van der Waals surface area contributed by atoms with Crippen molar-refractivity contribution in [1.29, 1.82) is 5.26 Å². The Labute approximate surface area is 132 Å². The summed E-state index contributed by atoms with van der Waals surface area (Å²) in [7, 11) is -3.58. The predicted octanol–water partition coefficient (Wildman–Crippen LogP) is 3.11. The molecule has 0 saturated carbocycles. The Hall–Kier alpha value is -1.68. The van der Waals surface area contributed by atoms with E-state index in [0.717, 1.165) is 11.1 Å². The van der Waals surface area contributed by atoms with Crippen LogP contribution in [0.3, 0.4) is 0 Å². The maximum absolute atomic E-state index is 12.3. The molecule has 0 aromatic heterocycles. The van der Waals surface area contributed by atoms with Crippen LogP contribution in [-0.2, 0) is 16.6 Å². The minimum Gasteiger partial charge on any atom is -0.207 e. The van der Waals surface area contributed by atoms with Crippen LogP contribution in [0, 0.1) is 18.3 Å². The molecule has 0 atom stereocenters. The van der Waals surface area contributed by atoms with E-state index in [2.05, 4.69) is 20.7 Å². The Kier molecular flexibility index (Phi) is 4.78. The highest BCUT2D eigenvalue weighted by Crippen LogP contribution is 2.23. The van der Waals surface area contributed by atoms with Gasteiger partial charge in [-0.1, -0.05) is 18.2 Å². The standard InChI is InChI=1S/C15H13BrN2O2S/c1-11-2-7-15(14(16)8-11)21(19,20)18-10-13-5-3-12(9-17)4-6-13/h2-8,18H,10H2,1H3. The van der Waals surface area contributed by atoms with Gasteiger partial charge in [-0.2, -0.15) is 5.26 Å². The van der Waals surface area contributed by atoms with E-state index in [4.69, 9.17) is 5.26 Å². The number of nitrogens with one attached hydrogen (secondary N) is 1. The molecule has 21 heavy (non-hydrogen) atoms. The van der Waals surface area contributed by atoms with Crippen molar-refractivity contribution in [1.82, 2.24) is 4.72 Å². The Balaban J connectivity index is 2.16. The second kappa shape index (κ2) is 6.39. The van der Waals surface area contributed by atoms with Crippen molar-refractivity contribution in [2.75, 3.05) is 0 Å². The number of aryl methyl sites for hydroxylation is 1. The lowest BCUT2D eigenvalue weighted by Crippen LogP contribution is -2.23. The first-order valence-electron chi connectivity index (χ1n) is 6.17. The van der Waals surface area contributed by atoms with Gasteiger partial charge in [0.15, 0.2) is 0 Å². The molecule has 0 spiro atoms. The normalized spacial score (nSPS) is 11.1. The van der Waals surface area contributed by atoms with Crippen LogP contribution in [0.2, 0.25) is 0 Å². The summed E-state index contributed by atoms with van der Waals surface area (Å²) >= 11 is 3.27. The van der Waals surface area contributed by atoms with Crippen LogP contribution in [0.25, 0.3) is 0 Å². The summed E-state index contributed by atoms with van der Waals surface area (Å²) in [5.41, 5.74) is 2.32. The monoisotopic (exact) mass is 364 g/mol. The highest BCUT2D eigenvalue weighted by atomic mass is 79.9. The number of hydrogen-bond donors (Lipinski definition) is 1. The van der Waals surface area contributed by atoms with Crippen LogP contribution in [0.15, 0.2) is 51.8 Å². The predicted molar refractivity (Wildman–Crippen MR) is 84.1 cm³/mol. The summed E-state index contributed by atoms with van der Waals surface area (Å²) < 4.78 is 27.6. The summed E-state index contributed by atoms with van der Waals surface area (Å²) in [6.07, 6.45) is 0. The fourth-order valence-corrected chi connectivity index (χ4v) is 3.98. The number of benzene rings is 2. The SMILES string of the molecule is Cc1ccc(S(=O)(=O)NCc2ccc(C#N)cc2)c(Br)c1. The van der Waals surface area contributed by atoms with Gasteiger partial charge in [0.2, 0.25) is 10.0 Å². The van der Waals surface area contributed by atoms with Crippen LogP contribution in [0.1, 0.15) is 16.7 Å². The first kappa shape index (κ1) is 15.7. The number of rotatable bonds is 4. The third kappa shape index (κ3) is 3.91. The van der Waals surface area contributed by atoms with Gasteiger partial charge in [0.1, 0.15) is 0 Å². The van der Waals surface area contributed by atoms with Crippen molar-refractivity contribution in [3.63, 3.8) is 0 Å². The molecule has 1 N–H and O–H groups in total. The average molecular weight is 365 g/mol. The Morgan fingerprint density at radius 2 is 1.86 bits per heavy atom. The maximum Gasteiger partial charge on any atom is 0.241 e. The molecule has 6 heteroatoms. The first-order valence-corrected chi connectivity index (χ1v) is 8.45. The molecule has 0 aliphatic rings. The Bertz CT molecular complexity index is 793. The van der Waals surface area contributed by atoms with Crippen molar-refractivity contribution >= 4 is 26.0 Å². The number of nitriles is 1. The lowest BCUT2D eigenvalue weighted by Gasteiger charge is -2.09. The van der Waals surface area contributed by atoms with Crippen molar-refractivity contribution in [3.05, 3.63) is 63.6 Å². The molecule has 4 nitrogen and oxygen atoms in total. The third-order valence-corrected chi connectivity index (χ3v) is 5.30. The molecular weight excluding hydrogens is 352 g/mol. The smallest absolute Gasteiger partial charge is 0.207 e. The molecule has 0 fully saturated rings. The lowest BCUT2D eigenvalue weighted by atomic mass is 10.1. The van der Waals surface area contributed by atoms with Crippen LogP contribution in [0.4, 0.5) is 0 Å². The third-order valence-electron chi connectivity index (χ3n) is 2.93. The summed E-state index contributed by atoms with van der Waals surface area (Å²) in [5.74, 6) is 0. The summed E-state index contributed by atoms with van der Waals surface area (Å²) in [4.78, 5) is 0.210. The molecular formula is C15H13BrN2O2S. The molecule has 2 rings (SSSR count). The molecule has 0 aliphatic carbocycles. The van der Waals surface area contributed by atoms with Crippen molar-refractivity contribution < 1.29 is 8.42 Å². The molecule has 0 aliphatic heterocycles. The summed E-state index contributed by atoms with van der Waals surface area (Å²) in [6.45, 7) is 2.07. The zero-order valence-electron chi connectivity index (χ0n) is 11.3. The van der Waals surface area contributed by atoms with Gasteiger partial charge in [-0.3, -0.25) is 0 Å². The van der Waals surface area contributed by atoms with Crippen molar-refractivity contribution in [3.8, 4) is 6.07 Å². The van der Waals surface area contributed by atoms with Gasteiger partial charge >= 0.3 is 0 Å². The number of hydrogen-bond acceptors (Lipinski definition) is 3. The second-order valence-electron chi connectivity index (χ2n) is 4.57. The molecule has 0 unspecified atom stereocenters. The van der Waals surface area contributed by atoms with E-state index in [0.29, 0.717) is 10.0 Å². The Morgan fingerprint density at radius 1 is 1.19 bits per heavy atom. The average Bonchev–Trinajstić information content (AvgIpc) is 2.45. The minimum absolute atomic E-state index is 0.175.